The van der Waals surface area contributed by atoms with E-state index in [0.29, 0.717) is 24.7 Å². The number of halogens is 1. The standard InChI is InChI=1S/C13H17BrN2O/c1-9-7-12(14)13(15-8-9)16(2)10-3-5-11(17)6-4-10/h7-8,10H,3-6H2,1-2H3. The molecule has 4 heteroatoms. The number of rotatable bonds is 2. The van der Waals surface area contributed by atoms with Gasteiger partial charge in [0.2, 0.25) is 0 Å². The van der Waals surface area contributed by atoms with Gasteiger partial charge < -0.3 is 4.90 Å². The minimum atomic E-state index is 0.394. The SMILES string of the molecule is Cc1cnc(N(C)C2CCC(=O)CC2)c(Br)c1. The fraction of sp³-hybridized carbons (Fsp3) is 0.538. The van der Waals surface area contributed by atoms with E-state index in [1.165, 1.54) is 0 Å². The Morgan fingerprint density at radius 1 is 1.41 bits per heavy atom. The molecule has 0 unspecified atom stereocenters. The van der Waals surface area contributed by atoms with E-state index in [2.05, 4.69) is 38.9 Å². The van der Waals surface area contributed by atoms with Gasteiger partial charge in [0.1, 0.15) is 11.6 Å². The molecule has 0 radical (unpaired) electrons. The minimum absolute atomic E-state index is 0.394. The van der Waals surface area contributed by atoms with Crippen LogP contribution in [0.15, 0.2) is 16.7 Å². The van der Waals surface area contributed by atoms with Crippen LogP contribution in [0.25, 0.3) is 0 Å². The molecule has 0 aromatic carbocycles. The lowest BCUT2D eigenvalue weighted by Crippen LogP contribution is -2.36. The molecule has 1 saturated carbocycles. The van der Waals surface area contributed by atoms with Crippen LogP contribution in [-0.4, -0.2) is 23.9 Å². The zero-order valence-corrected chi connectivity index (χ0v) is 11.8. The van der Waals surface area contributed by atoms with Crippen LogP contribution in [0, 0.1) is 6.92 Å². The number of hydrogen-bond acceptors (Lipinski definition) is 3. The molecule has 2 rings (SSSR count). The van der Waals surface area contributed by atoms with Crippen molar-refractivity contribution in [2.24, 2.45) is 0 Å². The number of carbonyl (C=O) groups excluding carboxylic acids is 1. The summed E-state index contributed by atoms with van der Waals surface area (Å²) in [5, 5.41) is 0. The van der Waals surface area contributed by atoms with Crippen LogP contribution in [0.3, 0.4) is 0 Å². The highest BCUT2D eigenvalue weighted by molar-refractivity contribution is 9.10. The predicted octanol–water partition coefficient (Wildman–Crippen LogP) is 3.10. The highest BCUT2D eigenvalue weighted by atomic mass is 79.9. The molecule has 0 spiro atoms. The summed E-state index contributed by atoms with van der Waals surface area (Å²) in [6.45, 7) is 2.03. The lowest BCUT2D eigenvalue weighted by atomic mass is 9.93. The summed E-state index contributed by atoms with van der Waals surface area (Å²) in [5.41, 5.74) is 1.15. The molecule has 1 aromatic heterocycles. The quantitative estimate of drug-likeness (QED) is 0.841. The van der Waals surface area contributed by atoms with E-state index in [-0.39, 0.29) is 0 Å². The van der Waals surface area contributed by atoms with E-state index in [9.17, 15) is 4.79 Å². The molecule has 0 amide bonds. The predicted molar refractivity (Wildman–Crippen MR) is 72.3 cm³/mol. The zero-order chi connectivity index (χ0) is 12.4. The number of aryl methyl sites for hydroxylation is 1. The first kappa shape index (κ1) is 12.6. The third-order valence-corrected chi connectivity index (χ3v) is 3.94. The Morgan fingerprint density at radius 2 is 2.06 bits per heavy atom. The van der Waals surface area contributed by atoms with Crippen molar-refractivity contribution in [3.63, 3.8) is 0 Å². The van der Waals surface area contributed by atoms with E-state index in [1.807, 2.05) is 13.1 Å². The van der Waals surface area contributed by atoms with Crippen molar-refractivity contribution >= 4 is 27.5 Å². The number of carbonyl (C=O) groups is 1. The van der Waals surface area contributed by atoms with Crippen LogP contribution in [0.1, 0.15) is 31.2 Å². The second-order valence-corrected chi connectivity index (χ2v) is 5.55. The molecule has 0 saturated heterocycles. The highest BCUT2D eigenvalue weighted by Gasteiger charge is 2.23. The monoisotopic (exact) mass is 296 g/mol. The first-order chi connectivity index (χ1) is 8.08. The van der Waals surface area contributed by atoms with Crippen LogP contribution in [0.5, 0.6) is 0 Å². The van der Waals surface area contributed by atoms with Crippen molar-refractivity contribution in [3.8, 4) is 0 Å². The fourth-order valence-corrected chi connectivity index (χ4v) is 3.01. The van der Waals surface area contributed by atoms with E-state index in [4.69, 9.17) is 0 Å². The van der Waals surface area contributed by atoms with Crippen molar-refractivity contribution in [1.82, 2.24) is 4.98 Å². The maximum atomic E-state index is 11.2. The molecular weight excluding hydrogens is 280 g/mol. The molecule has 0 bridgehead atoms. The number of anilines is 1. The van der Waals surface area contributed by atoms with Gasteiger partial charge in [-0.05, 0) is 47.3 Å². The molecule has 1 aliphatic carbocycles. The summed E-state index contributed by atoms with van der Waals surface area (Å²) in [6.07, 6.45) is 5.18. The first-order valence-corrected chi connectivity index (χ1v) is 6.74. The van der Waals surface area contributed by atoms with Crippen molar-refractivity contribution in [3.05, 3.63) is 22.3 Å². The Balaban J connectivity index is 2.13. The zero-order valence-electron chi connectivity index (χ0n) is 10.2. The van der Waals surface area contributed by atoms with Crippen molar-refractivity contribution in [2.75, 3.05) is 11.9 Å². The van der Waals surface area contributed by atoms with Crippen LogP contribution in [0.2, 0.25) is 0 Å². The van der Waals surface area contributed by atoms with E-state index >= 15 is 0 Å². The largest absolute Gasteiger partial charge is 0.356 e. The average Bonchev–Trinajstić information content (AvgIpc) is 2.29. The highest BCUT2D eigenvalue weighted by Crippen LogP contribution is 2.29. The number of pyridine rings is 1. The van der Waals surface area contributed by atoms with Gasteiger partial charge in [-0.2, -0.15) is 0 Å². The first-order valence-electron chi connectivity index (χ1n) is 5.94. The summed E-state index contributed by atoms with van der Waals surface area (Å²) < 4.78 is 1.02. The molecule has 0 N–H and O–H groups in total. The third kappa shape index (κ3) is 2.86. The van der Waals surface area contributed by atoms with Gasteiger partial charge >= 0.3 is 0 Å². The van der Waals surface area contributed by atoms with Gasteiger partial charge in [0, 0.05) is 32.1 Å². The van der Waals surface area contributed by atoms with E-state index in [0.717, 1.165) is 28.7 Å². The number of nitrogens with zero attached hydrogens (tertiary/aromatic N) is 2. The van der Waals surface area contributed by atoms with Gasteiger partial charge in [0.05, 0.1) is 4.47 Å². The van der Waals surface area contributed by atoms with Crippen molar-refractivity contribution < 1.29 is 4.79 Å². The van der Waals surface area contributed by atoms with Gasteiger partial charge in [0.25, 0.3) is 0 Å². The van der Waals surface area contributed by atoms with Gasteiger partial charge in [-0.1, -0.05) is 0 Å². The molecule has 1 heterocycles. The van der Waals surface area contributed by atoms with Crippen LogP contribution < -0.4 is 4.90 Å². The Hall–Kier alpha value is -0.900. The number of hydrogen-bond donors (Lipinski definition) is 0. The van der Waals surface area contributed by atoms with Gasteiger partial charge in [-0.3, -0.25) is 4.79 Å². The molecule has 0 atom stereocenters. The molecule has 92 valence electrons. The van der Waals surface area contributed by atoms with Crippen LogP contribution in [0.4, 0.5) is 5.82 Å². The smallest absolute Gasteiger partial charge is 0.142 e. The number of ketones is 1. The number of Topliss-reactive ketones (excluding diaryl/α,β-unsaturated/α-hetero) is 1. The second-order valence-electron chi connectivity index (χ2n) is 4.70. The maximum absolute atomic E-state index is 11.2. The number of aromatic nitrogens is 1. The summed E-state index contributed by atoms with van der Waals surface area (Å²) >= 11 is 3.56. The topological polar surface area (TPSA) is 33.2 Å². The summed E-state index contributed by atoms with van der Waals surface area (Å²) in [4.78, 5) is 17.9. The van der Waals surface area contributed by atoms with Crippen LogP contribution in [-0.2, 0) is 4.79 Å². The molecule has 3 nitrogen and oxygen atoms in total. The Bertz CT molecular complexity index is 423. The van der Waals surface area contributed by atoms with E-state index < -0.39 is 0 Å². The summed E-state index contributed by atoms with van der Waals surface area (Å²) in [7, 11) is 2.06. The van der Waals surface area contributed by atoms with E-state index in [1.54, 1.807) is 0 Å². The Morgan fingerprint density at radius 3 is 2.65 bits per heavy atom. The summed E-state index contributed by atoms with van der Waals surface area (Å²) in [5.74, 6) is 1.36. The molecule has 1 aromatic rings. The molecule has 1 aliphatic rings. The second kappa shape index (κ2) is 5.17. The van der Waals surface area contributed by atoms with Gasteiger partial charge in [-0.15, -0.1) is 0 Å². The van der Waals surface area contributed by atoms with Gasteiger partial charge in [0.15, 0.2) is 0 Å². The summed E-state index contributed by atoms with van der Waals surface area (Å²) in [6, 6.07) is 2.51. The minimum Gasteiger partial charge on any atom is -0.356 e. The maximum Gasteiger partial charge on any atom is 0.142 e. The van der Waals surface area contributed by atoms with Crippen molar-refractivity contribution in [1.29, 1.82) is 0 Å². The lowest BCUT2D eigenvalue weighted by Gasteiger charge is -2.32. The Kier molecular flexibility index (Phi) is 3.82. The molecular formula is C13H17BrN2O. The fourth-order valence-electron chi connectivity index (χ4n) is 2.27. The molecule has 1 fully saturated rings. The molecule has 0 aliphatic heterocycles. The third-order valence-electron chi connectivity index (χ3n) is 3.35. The van der Waals surface area contributed by atoms with Gasteiger partial charge in [-0.25, -0.2) is 4.98 Å². The van der Waals surface area contributed by atoms with Crippen molar-refractivity contribution in [2.45, 2.75) is 38.6 Å². The normalized spacial score (nSPS) is 17.2. The lowest BCUT2D eigenvalue weighted by molar-refractivity contribution is -0.120. The molecule has 17 heavy (non-hydrogen) atoms. The van der Waals surface area contributed by atoms with Crippen LogP contribution >= 0.6 is 15.9 Å². The average molecular weight is 297 g/mol. The Labute approximate surface area is 110 Å².